The highest BCUT2D eigenvalue weighted by atomic mass is 16.1. The van der Waals surface area contributed by atoms with Crippen LogP contribution >= 0.6 is 0 Å². The van der Waals surface area contributed by atoms with E-state index in [1.165, 1.54) is 17.7 Å². The summed E-state index contributed by atoms with van der Waals surface area (Å²) in [5.74, 6) is 1.00. The van der Waals surface area contributed by atoms with E-state index in [4.69, 9.17) is 0 Å². The smallest absolute Gasteiger partial charge is 0.221 e. The Bertz CT molecular complexity index is 616. The Balaban J connectivity index is 1.84. The summed E-state index contributed by atoms with van der Waals surface area (Å²) in [6.45, 7) is 6.62. The van der Waals surface area contributed by atoms with Crippen LogP contribution in [0.3, 0.4) is 0 Å². The van der Waals surface area contributed by atoms with Crippen molar-refractivity contribution in [3.63, 3.8) is 0 Å². The molecule has 0 aliphatic carbocycles. The maximum absolute atomic E-state index is 12.8. The number of quaternary nitrogens is 1. The molecule has 2 aromatic rings. The molecule has 1 aromatic heterocycles. The number of carbonyl (C=O) groups excluding carboxylic acids is 1. The van der Waals surface area contributed by atoms with Gasteiger partial charge < -0.3 is 9.88 Å². The number of ketones is 1. The number of benzene rings is 1. The fraction of sp³-hybridized carbons (Fsp3) is 0.471. The number of fused-ring (bicyclic) bond motifs is 1. The molecule has 3 rings (SSSR count). The van der Waals surface area contributed by atoms with Crippen LogP contribution in [-0.2, 0) is 0 Å². The minimum Gasteiger partial charge on any atom is -0.360 e. The van der Waals surface area contributed by atoms with Crippen LogP contribution in [0.1, 0.15) is 37.0 Å². The first-order valence-corrected chi connectivity index (χ1v) is 7.61. The van der Waals surface area contributed by atoms with Crippen LogP contribution in [0, 0.1) is 5.92 Å². The van der Waals surface area contributed by atoms with Crippen molar-refractivity contribution in [2.24, 2.45) is 5.92 Å². The van der Waals surface area contributed by atoms with E-state index in [0.29, 0.717) is 0 Å². The second kappa shape index (κ2) is 5.41. The molecule has 0 saturated carbocycles. The Kier molecular flexibility index (Phi) is 3.62. The standard InChI is InChI=1S/C17H22N2O/c1-12-6-5-9-19(11-12)13(2)17(20)15-10-18-16-8-4-3-7-14(15)16/h3-4,7-8,10,12-13,18H,5-6,9,11H2,1-2H3/p+1/t12-,13+/m1/s1. The lowest BCUT2D eigenvalue weighted by atomic mass is 9.96. The van der Waals surface area contributed by atoms with Gasteiger partial charge >= 0.3 is 0 Å². The predicted molar refractivity (Wildman–Crippen MR) is 81.2 cm³/mol. The number of Topliss-reactive ketones (excluding diaryl/α,β-unsaturated/α-hetero) is 1. The summed E-state index contributed by atoms with van der Waals surface area (Å²) in [6, 6.07) is 8.09. The summed E-state index contributed by atoms with van der Waals surface area (Å²) in [4.78, 5) is 17.4. The highest BCUT2D eigenvalue weighted by Gasteiger charge is 2.30. The largest absolute Gasteiger partial charge is 0.360 e. The first kappa shape index (κ1) is 13.4. The van der Waals surface area contributed by atoms with Crippen LogP contribution in [0.4, 0.5) is 0 Å². The second-order valence-corrected chi connectivity index (χ2v) is 6.19. The quantitative estimate of drug-likeness (QED) is 0.824. The number of rotatable bonds is 3. The molecule has 106 valence electrons. The number of H-pyrrole nitrogens is 1. The topological polar surface area (TPSA) is 37.3 Å². The van der Waals surface area contributed by atoms with Gasteiger partial charge in [-0.25, -0.2) is 0 Å². The number of likely N-dealkylation sites (tertiary alicyclic amines) is 1. The number of hydrogen-bond donors (Lipinski definition) is 2. The average Bonchev–Trinajstić information content (AvgIpc) is 2.89. The Morgan fingerprint density at radius 1 is 1.40 bits per heavy atom. The van der Waals surface area contributed by atoms with E-state index in [9.17, 15) is 4.79 Å². The third kappa shape index (κ3) is 2.38. The van der Waals surface area contributed by atoms with Crippen molar-refractivity contribution in [3.05, 3.63) is 36.0 Å². The third-order valence-electron chi connectivity index (χ3n) is 4.67. The Morgan fingerprint density at radius 3 is 3.00 bits per heavy atom. The van der Waals surface area contributed by atoms with E-state index in [2.05, 4.69) is 18.8 Å². The van der Waals surface area contributed by atoms with E-state index in [-0.39, 0.29) is 11.8 Å². The van der Waals surface area contributed by atoms with E-state index in [0.717, 1.165) is 35.5 Å². The van der Waals surface area contributed by atoms with Crippen molar-refractivity contribution in [1.82, 2.24) is 4.98 Å². The number of nitrogens with one attached hydrogen (secondary N) is 2. The number of aromatic nitrogens is 1. The van der Waals surface area contributed by atoms with Crippen LogP contribution in [0.25, 0.3) is 10.9 Å². The SMILES string of the molecule is C[C@@H]1CCC[NH+]([C@@H](C)C(=O)c2c[nH]c3ccccc23)C1. The first-order chi connectivity index (χ1) is 9.66. The van der Waals surface area contributed by atoms with E-state index in [1.807, 2.05) is 30.5 Å². The monoisotopic (exact) mass is 271 g/mol. The van der Waals surface area contributed by atoms with E-state index in [1.54, 1.807) is 0 Å². The molecule has 2 heterocycles. The lowest BCUT2D eigenvalue weighted by Crippen LogP contribution is -3.17. The van der Waals surface area contributed by atoms with Crippen LogP contribution in [0.5, 0.6) is 0 Å². The van der Waals surface area contributed by atoms with Gasteiger partial charge in [0.1, 0.15) is 6.04 Å². The molecule has 3 atom stereocenters. The van der Waals surface area contributed by atoms with Gasteiger partial charge in [0.25, 0.3) is 0 Å². The highest BCUT2D eigenvalue weighted by Crippen LogP contribution is 2.19. The molecule has 1 aliphatic heterocycles. The Labute approximate surface area is 120 Å². The molecule has 1 aromatic carbocycles. The lowest BCUT2D eigenvalue weighted by molar-refractivity contribution is -0.921. The summed E-state index contributed by atoms with van der Waals surface area (Å²) in [7, 11) is 0. The molecule has 1 unspecified atom stereocenters. The fourth-order valence-electron chi connectivity index (χ4n) is 3.42. The zero-order valence-electron chi connectivity index (χ0n) is 12.3. The minimum atomic E-state index is 0.0527. The van der Waals surface area contributed by atoms with Crippen LogP contribution < -0.4 is 4.90 Å². The van der Waals surface area contributed by atoms with Crippen molar-refractivity contribution in [3.8, 4) is 0 Å². The van der Waals surface area contributed by atoms with Gasteiger partial charge in [-0.2, -0.15) is 0 Å². The fourth-order valence-corrected chi connectivity index (χ4v) is 3.42. The van der Waals surface area contributed by atoms with Crippen molar-refractivity contribution in [2.45, 2.75) is 32.7 Å². The normalized spacial score (nSPS) is 24.7. The van der Waals surface area contributed by atoms with Gasteiger partial charge in [-0.15, -0.1) is 0 Å². The molecule has 1 aliphatic rings. The molecule has 0 bridgehead atoms. The number of piperidine rings is 1. The number of aromatic amines is 1. The molecule has 3 heteroatoms. The molecule has 1 saturated heterocycles. The molecule has 3 nitrogen and oxygen atoms in total. The molecule has 20 heavy (non-hydrogen) atoms. The van der Waals surface area contributed by atoms with E-state index < -0.39 is 0 Å². The molecule has 2 N–H and O–H groups in total. The number of hydrogen-bond acceptors (Lipinski definition) is 1. The van der Waals surface area contributed by atoms with Crippen LogP contribution in [-0.4, -0.2) is 29.9 Å². The molecule has 0 spiro atoms. The average molecular weight is 271 g/mol. The molecule has 0 amide bonds. The number of para-hydroxylation sites is 1. The first-order valence-electron chi connectivity index (χ1n) is 7.61. The summed E-state index contributed by atoms with van der Waals surface area (Å²) in [6.07, 6.45) is 4.41. The maximum atomic E-state index is 12.8. The molecular formula is C17H23N2O+. The van der Waals surface area contributed by atoms with Gasteiger partial charge in [0.05, 0.1) is 13.1 Å². The number of carbonyl (C=O) groups is 1. The molecule has 0 radical (unpaired) electrons. The summed E-state index contributed by atoms with van der Waals surface area (Å²) in [5.41, 5.74) is 1.89. The Hall–Kier alpha value is -1.61. The van der Waals surface area contributed by atoms with Gasteiger partial charge in [-0.05, 0) is 25.8 Å². The van der Waals surface area contributed by atoms with Gasteiger partial charge in [-0.3, -0.25) is 4.79 Å². The zero-order chi connectivity index (χ0) is 14.1. The Morgan fingerprint density at radius 2 is 2.20 bits per heavy atom. The van der Waals surface area contributed by atoms with E-state index >= 15 is 0 Å². The van der Waals surface area contributed by atoms with Gasteiger partial charge in [0, 0.05) is 28.6 Å². The van der Waals surface area contributed by atoms with Crippen LogP contribution in [0.2, 0.25) is 0 Å². The maximum Gasteiger partial charge on any atom is 0.221 e. The van der Waals surface area contributed by atoms with Crippen molar-refractivity contribution in [2.75, 3.05) is 13.1 Å². The summed E-state index contributed by atoms with van der Waals surface area (Å²) < 4.78 is 0. The van der Waals surface area contributed by atoms with Gasteiger partial charge in [0.2, 0.25) is 5.78 Å². The van der Waals surface area contributed by atoms with Crippen molar-refractivity contribution < 1.29 is 9.69 Å². The molecular weight excluding hydrogens is 248 g/mol. The van der Waals surface area contributed by atoms with Crippen molar-refractivity contribution in [1.29, 1.82) is 0 Å². The summed E-state index contributed by atoms with van der Waals surface area (Å²) in [5, 5.41) is 1.05. The zero-order valence-corrected chi connectivity index (χ0v) is 12.3. The van der Waals surface area contributed by atoms with Gasteiger partial charge in [0.15, 0.2) is 0 Å². The minimum absolute atomic E-state index is 0.0527. The summed E-state index contributed by atoms with van der Waals surface area (Å²) >= 11 is 0. The predicted octanol–water partition coefficient (Wildman–Crippen LogP) is 2.05. The lowest BCUT2D eigenvalue weighted by Gasteiger charge is -2.31. The molecule has 1 fully saturated rings. The van der Waals surface area contributed by atoms with Gasteiger partial charge in [-0.1, -0.05) is 25.1 Å². The van der Waals surface area contributed by atoms with Crippen molar-refractivity contribution >= 4 is 16.7 Å². The third-order valence-corrected chi connectivity index (χ3v) is 4.67. The van der Waals surface area contributed by atoms with Crippen LogP contribution in [0.15, 0.2) is 30.5 Å². The second-order valence-electron chi connectivity index (χ2n) is 6.19. The highest BCUT2D eigenvalue weighted by molar-refractivity contribution is 6.09.